The minimum absolute atomic E-state index is 0.00394. The van der Waals surface area contributed by atoms with Crippen molar-refractivity contribution in [3.8, 4) is 0 Å². The topological polar surface area (TPSA) is 94.4 Å². The van der Waals surface area contributed by atoms with E-state index in [4.69, 9.17) is 4.74 Å². The highest BCUT2D eigenvalue weighted by Crippen LogP contribution is 2.54. The Morgan fingerprint density at radius 2 is 1.90 bits per heavy atom. The molecule has 9 heteroatoms. The molecule has 0 unspecified atom stereocenters. The quantitative estimate of drug-likeness (QED) is 0.406. The van der Waals surface area contributed by atoms with E-state index in [-0.39, 0.29) is 34.5 Å². The summed E-state index contributed by atoms with van der Waals surface area (Å²) in [7, 11) is 0. The van der Waals surface area contributed by atoms with Gasteiger partial charge < -0.3 is 9.64 Å². The summed E-state index contributed by atoms with van der Waals surface area (Å²) in [5.74, 6) is -0.249. The van der Waals surface area contributed by atoms with Gasteiger partial charge in [-0.2, -0.15) is 0 Å². The molecule has 1 aliphatic carbocycles. The fourth-order valence-electron chi connectivity index (χ4n) is 4.77. The standard InChI is InChI=1S/C22H28N4O4S/c1-12-15-9-23-19(31-6)24-17(15)26(18(28)16(12)13(2)27)14-7-22(8-14)10-25(11-22)20(29)30-21(3,4)5/h9,14H,7-8,10-11H2,1-6H3. The summed E-state index contributed by atoms with van der Waals surface area (Å²) in [5, 5.41) is 1.32. The van der Waals surface area contributed by atoms with Crippen LogP contribution in [0.5, 0.6) is 0 Å². The van der Waals surface area contributed by atoms with Crippen LogP contribution in [-0.2, 0) is 4.74 Å². The third-order valence-corrected chi connectivity index (χ3v) is 6.69. The van der Waals surface area contributed by atoms with Crippen molar-refractivity contribution >= 4 is 34.7 Å². The van der Waals surface area contributed by atoms with E-state index in [1.807, 2.05) is 27.0 Å². The molecule has 1 saturated carbocycles. The number of hydrogen-bond donors (Lipinski definition) is 0. The number of carbonyl (C=O) groups is 2. The Labute approximate surface area is 185 Å². The molecule has 3 heterocycles. The Balaban J connectivity index is 1.62. The van der Waals surface area contributed by atoms with E-state index >= 15 is 0 Å². The number of aryl methyl sites for hydroxylation is 1. The van der Waals surface area contributed by atoms with Gasteiger partial charge in [-0.25, -0.2) is 14.8 Å². The predicted octanol–water partition coefficient (Wildman–Crippen LogP) is 3.60. The first kappa shape index (κ1) is 21.8. The molecule has 1 amide bonds. The number of pyridine rings is 1. The molecule has 8 nitrogen and oxygen atoms in total. The van der Waals surface area contributed by atoms with Gasteiger partial charge in [0.2, 0.25) is 0 Å². The Hall–Kier alpha value is -2.42. The molecule has 0 aromatic carbocycles. The van der Waals surface area contributed by atoms with Crippen LogP contribution in [0.1, 0.15) is 62.5 Å². The van der Waals surface area contributed by atoms with Gasteiger partial charge in [-0.15, -0.1) is 0 Å². The molecule has 31 heavy (non-hydrogen) atoms. The van der Waals surface area contributed by atoms with E-state index in [0.29, 0.717) is 29.5 Å². The lowest BCUT2D eigenvalue weighted by atomic mass is 9.60. The van der Waals surface area contributed by atoms with Crippen molar-refractivity contribution in [1.29, 1.82) is 0 Å². The van der Waals surface area contributed by atoms with Crippen LogP contribution in [0.25, 0.3) is 11.0 Å². The maximum Gasteiger partial charge on any atom is 0.410 e. The smallest absolute Gasteiger partial charge is 0.410 e. The third kappa shape index (κ3) is 3.73. The van der Waals surface area contributed by atoms with Crippen molar-refractivity contribution in [2.45, 2.75) is 64.3 Å². The summed E-state index contributed by atoms with van der Waals surface area (Å²) in [6, 6.07) is -0.0564. The Kier molecular flexibility index (Phi) is 5.15. The van der Waals surface area contributed by atoms with Gasteiger partial charge in [0.15, 0.2) is 10.9 Å². The Bertz CT molecular complexity index is 1140. The zero-order valence-corrected chi connectivity index (χ0v) is 19.6. The van der Waals surface area contributed by atoms with E-state index in [0.717, 1.165) is 18.2 Å². The molecule has 166 valence electrons. The van der Waals surface area contributed by atoms with Crippen LogP contribution in [0.15, 0.2) is 16.1 Å². The van der Waals surface area contributed by atoms with E-state index in [2.05, 4.69) is 9.97 Å². The molecule has 2 fully saturated rings. The molecule has 1 spiro atoms. The van der Waals surface area contributed by atoms with Crippen molar-refractivity contribution in [2.75, 3.05) is 19.3 Å². The summed E-state index contributed by atoms with van der Waals surface area (Å²) in [5.41, 5.74) is 0.613. The van der Waals surface area contributed by atoms with Crippen molar-refractivity contribution in [3.05, 3.63) is 27.7 Å². The van der Waals surface area contributed by atoms with Crippen LogP contribution in [-0.4, -0.2) is 56.3 Å². The van der Waals surface area contributed by atoms with Gasteiger partial charge in [0, 0.05) is 36.1 Å². The number of Topliss-reactive ketones (excluding diaryl/α,β-unsaturated/α-hetero) is 1. The van der Waals surface area contributed by atoms with E-state index in [1.165, 1.54) is 18.7 Å². The molecular formula is C22H28N4O4S. The normalized spacial score (nSPS) is 18.1. The first-order chi connectivity index (χ1) is 14.4. The van der Waals surface area contributed by atoms with Crippen LogP contribution >= 0.6 is 11.8 Å². The van der Waals surface area contributed by atoms with Crippen LogP contribution in [0, 0.1) is 12.3 Å². The second-order valence-corrected chi connectivity index (χ2v) is 10.5. The van der Waals surface area contributed by atoms with Crippen molar-refractivity contribution in [1.82, 2.24) is 19.4 Å². The summed E-state index contributed by atoms with van der Waals surface area (Å²) < 4.78 is 7.13. The van der Waals surface area contributed by atoms with Gasteiger partial charge >= 0.3 is 6.09 Å². The van der Waals surface area contributed by atoms with Gasteiger partial charge in [0.25, 0.3) is 5.56 Å². The van der Waals surface area contributed by atoms with Crippen LogP contribution < -0.4 is 5.56 Å². The number of carbonyl (C=O) groups excluding carboxylic acids is 2. The molecule has 0 radical (unpaired) electrons. The molecule has 2 aliphatic rings. The lowest BCUT2D eigenvalue weighted by Gasteiger charge is -2.58. The third-order valence-electron chi connectivity index (χ3n) is 6.13. The number of ketones is 1. The molecule has 1 saturated heterocycles. The number of likely N-dealkylation sites (tertiary alicyclic amines) is 1. The Morgan fingerprint density at radius 3 is 2.45 bits per heavy atom. The summed E-state index contributed by atoms with van der Waals surface area (Å²) >= 11 is 1.41. The number of rotatable bonds is 3. The van der Waals surface area contributed by atoms with E-state index in [1.54, 1.807) is 22.6 Å². The highest BCUT2D eigenvalue weighted by Gasteiger charge is 2.55. The molecule has 4 rings (SSSR count). The van der Waals surface area contributed by atoms with Crippen LogP contribution in [0.3, 0.4) is 0 Å². The average Bonchev–Trinajstić information content (AvgIpc) is 2.59. The number of amides is 1. The second-order valence-electron chi connectivity index (χ2n) is 9.72. The van der Waals surface area contributed by atoms with Gasteiger partial charge in [0.05, 0.1) is 5.56 Å². The number of aromatic nitrogens is 3. The molecule has 0 bridgehead atoms. The monoisotopic (exact) mass is 444 g/mol. The molecule has 1 aliphatic heterocycles. The predicted molar refractivity (Wildman–Crippen MR) is 119 cm³/mol. The molecule has 0 atom stereocenters. The minimum atomic E-state index is -0.520. The maximum absolute atomic E-state index is 13.3. The molecule has 2 aromatic heterocycles. The Morgan fingerprint density at radius 1 is 1.26 bits per heavy atom. The number of nitrogens with zero attached hydrogens (tertiary/aromatic N) is 4. The van der Waals surface area contributed by atoms with Crippen molar-refractivity contribution < 1.29 is 14.3 Å². The largest absolute Gasteiger partial charge is 0.444 e. The fourth-order valence-corrected chi connectivity index (χ4v) is 5.10. The number of hydrogen-bond acceptors (Lipinski definition) is 7. The number of thioether (sulfide) groups is 1. The lowest BCUT2D eigenvalue weighted by molar-refractivity contribution is -0.0906. The van der Waals surface area contributed by atoms with Crippen LogP contribution in [0.4, 0.5) is 4.79 Å². The van der Waals surface area contributed by atoms with E-state index in [9.17, 15) is 14.4 Å². The molecular weight excluding hydrogens is 416 g/mol. The van der Waals surface area contributed by atoms with Gasteiger partial charge in [0.1, 0.15) is 11.2 Å². The number of fused-ring (bicyclic) bond motifs is 1. The summed E-state index contributed by atoms with van der Waals surface area (Å²) in [6.07, 6.45) is 4.82. The average molecular weight is 445 g/mol. The first-order valence-electron chi connectivity index (χ1n) is 10.4. The maximum atomic E-state index is 13.3. The minimum Gasteiger partial charge on any atom is -0.444 e. The molecule has 0 N–H and O–H groups in total. The lowest BCUT2D eigenvalue weighted by Crippen LogP contribution is -2.64. The highest BCUT2D eigenvalue weighted by molar-refractivity contribution is 7.98. The van der Waals surface area contributed by atoms with Gasteiger partial charge in [-0.3, -0.25) is 14.2 Å². The van der Waals surface area contributed by atoms with Gasteiger partial charge in [-0.05, 0) is 59.3 Å². The van der Waals surface area contributed by atoms with Gasteiger partial charge in [-0.1, -0.05) is 11.8 Å². The number of ether oxygens (including phenoxy) is 1. The summed E-state index contributed by atoms with van der Waals surface area (Å²) in [4.78, 5) is 48.5. The van der Waals surface area contributed by atoms with Crippen LogP contribution in [0.2, 0.25) is 0 Å². The fraction of sp³-hybridized carbons (Fsp3) is 0.591. The highest BCUT2D eigenvalue weighted by atomic mass is 32.2. The van der Waals surface area contributed by atoms with Crippen molar-refractivity contribution in [2.24, 2.45) is 5.41 Å². The zero-order valence-electron chi connectivity index (χ0n) is 18.8. The second kappa shape index (κ2) is 7.32. The van der Waals surface area contributed by atoms with E-state index < -0.39 is 5.60 Å². The first-order valence-corrected chi connectivity index (χ1v) is 11.6. The SMILES string of the molecule is CSc1ncc2c(C)c(C(C)=O)c(=O)n(C3CC4(C3)CN(C(=O)OC(C)(C)C)C4)c2n1. The molecule has 2 aromatic rings. The zero-order chi connectivity index (χ0) is 22.7. The summed E-state index contributed by atoms with van der Waals surface area (Å²) in [6.45, 7) is 10.0. The van der Waals surface area contributed by atoms with Crippen molar-refractivity contribution in [3.63, 3.8) is 0 Å².